The molecule has 5 rings (SSSR count). The second-order valence-corrected chi connectivity index (χ2v) is 12.0. The van der Waals surface area contributed by atoms with Crippen LogP contribution in [-0.2, 0) is 25.6 Å². The highest BCUT2D eigenvalue weighted by atomic mass is 32.2. The van der Waals surface area contributed by atoms with Crippen molar-refractivity contribution >= 4 is 15.7 Å². The van der Waals surface area contributed by atoms with Gasteiger partial charge in [-0.3, -0.25) is 4.79 Å². The Bertz CT molecular complexity index is 1290. The molecule has 12 heteroatoms. The molecule has 2 aliphatic carbocycles. The van der Waals surface area contributed by atoms with Gasteiger partial charge in [-0.25, -0.2) is 17.2 Å². The van der Waals surface area contributed by atoms with Gasteiger partial charge in [0.1, 0.15) is 11.4 Å². The molecule has 3 atom stereocenters. The summed E-state index contributed by atoms with van der Waals surface area (Å²) in [6.07, 6.45) is 1.90. The van der Waals surface area contributed by atoms with Crippen LogP contribution in [0.25, 0.3) is 0 Å². The van der Waals surface area contributed by atoms with Crippen molar-refractivity contribution in [3.05, 3.63) is 35.5 Å². The van der Waals surface area contributed by atoms with Gasteiger partial charge in [0, 0.05) is 33.4 Å². The summed E-state index contributed by atoms with van der Waals surface area (Å²) in [7, 11) is -2.04. The SMILES string of the molecule is COC1(c2nc(C34CC3CN(C(=O)c3cc(S(C)(=O)=O)ccc3O[C@@H](C)C(C)(F)F)C4)no2)CC1. The van der Waals surface area contributed by atoms with Gasteiger partial charge in [0.2, 0.25) is 0 Å². The van der Waals surface area contributed by atoms with Gasteiger partial charge in [-0.15, -0.1) is 0 Å². The number of halogens is 2. The number of sulfone groups is 1. The van der Waals surface area contributed by atoms with E-state index in [9.17, 15) is 22.0 Å². The summed E-state index contributed by atoms with van der Waals surface area (Å²) in [5.41, 5.74) is -1.04. The van der Waals surface area contributed by atoms with E-state index in [-0.39, 0.29) is 22.1 Å². The Hall–Kier alpha value is -2.60. The summed E-state index contributed by atoms with van der Waals surface area (Å²) in [6.45, 7) is 2.62. The van der Waals surface area contributed by atoms with Crippen LogP contribution in [0.1, 0.15) is 55.2 Å². The van der Waals surface area contributed by atoms with Gasteiger partial charge < -0.3 is 18.9 Å². The van der Waals surface area contributed by atoms with Gasteiger partial charge in [-0.05, 0) is 50.3 Å². The van der Waals surface area contributed by atoms with Gasteiger partial charge in [0.25, 0.3) is 17.7 Å². The average Bonchev–Trinajstić information content (AvgIpc) is 3.62. The van der Waals surface area contributed by atoms with E-state index < -0.39 is 38.8 Å². The first-order valence-electron chi connectivity index (χ1n) is 11.4. The quantitative estimate of drug-likeness (QED) is 0.532. The lowest BCUT2D eigenvalue weighted by Crippen LogP contribution is -2.35. The number of benzene rings is 1. The number of methoxy groups -OCH3 is 1. The van der Waals surface area contributed by atoms with Crippen LogP contribution < -0.4 is 4.74 Å². The topological polar surface area (TPSA) is 112 Å². The van der Waals surface area contributed by atoms with Crippen molar-refractivity contribution in [1.29, 1.82) is 0 Å². The molecule has 3 aliphatic rings. The van der Waals surface area contributed by atoms with Crippen molar-refractivity contribution in [3.8, 4) is 5.75 Å². The van der Waals surface area contributed by atoms with Crippen LogP contribution >= 0.6 is 0 Å². The van der Waals surface area contributed by atoms with Crippen LogP contribution in [0.4, 0.5) is 8.78 Å². The molecule has 1 aromatic heterocycles. The lowest BCUT2D eigenvalue weighted by molar-refractivity contribution is -0.0720. The zero-order chi connectivity index (χ0) is 25.4. The summed E-state index contributed by atoms with van der Waals surface area (Å²) in [5.74, 6) is -2.67. The van der Waals surface area contributed by atoms with Crippen molar-refractivity contribution in [2.24, 2.45) is 5.92 Å². The predicted octanol–water partition coefficient (Wildman–Crippen LogP) is 2.94. The molecule has 1 aliphatic heterocycles. The molecule has 0 bridgehead atoms. The van der Waals surface area contributed by atoms with Crippen LogP contribution in [0.3, 0.4) is 0 Å². The fourth-order valence-electron chi connectivity index (χ4n) is 4.69. The molecule has 3 fully saturated rings. The van der Waals surface area contributed by atoms with Gasteiger partial charge >= 0.3 is 0 Å². The van der Waals surface area contributed by atoms with E-state index >= 15 is 0 Å². The fraction of sp³-hybridized carbons (Fsp3) is 0.609. The Morgan fingerprint density at radius 3 is 2.66 bits per heavy atom. The van der Waals surface area contributed by atoms with Gasteiger partial charge in [0.15, 0.2) is 21.8 Å². The second-order valence-electron chi connectivity index (χ2n) is 10.0. The number of aromatic nitrogens is 2. The monoisotopic (exact) mass is 511 g/mol. The lowest BCUT2D eigenvalue weighted by atomic mass is 10.1. The van der Waals surface area contributed by atoms with Crippen LogP contribution in [0.5, 0.6) is 5.75 Å². The standard InChI is InChI=1S/C23H27F2N3O6S/c1-13(21(2,24)25)33-17-6-5-15(35(4,30)31)9-16(17)18(29)28-11-14-10-22(14,12-28)19-26-20(34-27-19)23(32-3)7-8-23/h5-6,9,13-14H,7-8,10-12H2,1-4H3/t13-,14?,22?/m0/s1. The van der Waals surface area contributed by atoms with Crippen LogP contribution in [-0.4, -0.2) is 67.8 Å². The second kappa shape index (κ2) is 7.70. The number of carbonyl (C=O) groups excluding carboxylic acids is 1. The molecular formula is C23H27F2N3O6S. The summed E-state index contributed by atoms with van der Waals surface area (Å²) < 4.78 is 68.1. The smallest absolute Gasteiger partial charge is 0.281 e. The highest BCUT2D eigenvalue weighted by molar-refractivity contribution is 7.90. The number of hydrogen-bond donors (Lipinski definition) is 0. The van der Waals surface area contributed by atoms with Crippen LogP contribution in [0, 0.1) is 5.92 Å². The molecule has 0 radical (unpaired) electrons. The predicted molar refractivity (Wildman–Crippen MR) is 118 cm³/mol. The first-order valence-corrected chi connectivity index (χ1v) is 13.3. The molecule has 35 heavy (non-hydrogen) atoms. The zero-order valence-electron chi connectivity index (χ0n) is 19.9. The molecule has 1 saturated heterocycles. The Morgan fingerprint density at radius 2 is 2.06 bits per heavy atom. The maximum atomic E-state index is 13.8. The Labute approximate surface area is 201 Å². The van der Waals surface area contributed by atoms with E-state index in [0.717, 1.165) is 32.4 Å². The number of rotatable bonds is 8. The van der Waals surface area contributed by atoms with Crippen molar-refractivity contribution < 1.29 is 36.0 Å². The maximum absolute atomic E-state index is 13.8. The first kappa shape index (κ1) is 24.1. The molecule has 2 unspecified atom stereocenters. The summed E-state index contributed by atoms with van der Waals surface area (Å²) in [4.78, 5) is 19.6. The number of ether oxygens (including phenoxy) is 2. The van der Waals surface area contributed by atoms with Gasteiger partial charge in [-0.2, -0.15) is 4.98 Å². The molecule has 2 saturated carbocycles. The van der Waals surface area contributed by atoms with Crippen molar-refractivity contribution in [2.75, 3.05) is 26.5 Å². The Morgan fingerprint density at radius 1 is 1.34 bits per heavy atom. The van der Waals surface area contributed by atoms with Crippen molar-refractivity contribution in [2.45, 2.75) is 61.0 Å². The van der Waals surface area contributed by atoms with E-state index in [2.05, 4.69) is 10.1 Å². The Balaban J connectivity index is 1.41. The number of amides is 1. The van der Waals surface area contributed by atoms with Crippen molar-refractivity contribution in [3.63, 3.8) is 0 Å². The number of likely N-dealkylation sites (tertiary alicyclic amines) is 1. The van der Waals surface area contributed by atoms with E-state index in [4.69, 9.17) is 14.0 Å². The number of carbonyl (C=O) groups is 1. The fourth-order valence-corrected chi connectivity index (χ4v) is 5.33. The molecule has 2 heterocycles. The molecule has 0 N–H and O–H groups in total. The molecular weight excluding hydrogens is 484 g/mol. The third-order valence-corrected chi connectivity index (χ3v) is 8.53. The van der Waals surface area contributed by atoms with E-state index in [1.807, 2.05) is 0 Å². The van der Waals surface area contributed by atoms with Gasteiger partial charge in [-0.1, -0.05) is 5.16 Å². The van der Waals surface area contributed by atoms with Crippen LogP contribution in [0.15, 0.2) is 27.6 Å². The largest absolute Gasteiger partial charge is 0.484 e. The minimum Gasteiger partial charge on any atom is -0.484 e. The molecule has 1 amide bonds. The molecule has 9 nitrogen and oxygen atoms in total. The molecule has 190 valence electrons. The van der Waals surface area contributed by atoms with E-state index in [1.165, 1.54) is 25.1 Å². The first-order chi connectivity index (χ1) is 16.3. The van der Waals surface area contributed by atoms with Crippen molar-refractivity contribution in [1.82, 2.24) is 15.0 Å². The number of piperidine rings is 1. The van der Waals surface area contributed by atoms with E-state index in [0.29, 0.717) is 24.8 Å². The number of fused-ring (bicyclic) bond motifs is 1. The minimum absolute atomic E-state index is 0.0782. The third kappa shape index (κ3) is 4.10. The summed E-state index contributed by atoms with van der Waals surface area (Å²) >= 11 is 0. The minimum atomic E-state index is -3.64. The summed E-state index contributed by atoms with van der Waals surface area (Å²) in [6, 6.07) is 3.69. The highest BCUT2D eigenvalue weighted by Gasteiger charge is 2.65. The molecule has 0 spiro atoms. The maximum Gasteiger partial charge on any atom is 0.281 e. The Kier molecular flexibility index (Phi) is 5.30. The summed E-state index contributed by atoms with van der Waals surface area (Å²) in [5, 5.41) is 4.17. The van der Waals surface area contributed by atoms with Crippen LogP contribution in [0.2, 0.25) is 0 Å². The average molecular weight is 512 g/mol. The molecule has 2 aromatic rings. The highest BCUT2D eigenvalue weighted by Crippen LogP contribution is 2.59. The molecule has 1 aromatic carbocycles. The number of nitrogens with zero attached hydrogens (tertiary/aromatic N) is 3. The lowest BCUT2D eigenvalue weighted by Gasteiger charge is -2.25. The number of hydrogen-bond acceptors (Lipinski definition) is 8. The normalized spacial score (nSPS) is 25.8. The number of alkyl halides is 2. The van der Waals surface area contributed by atoms with E-state index in [1.54, 1.807) is 12.0 Å². The van der Waals surface area contributed by atoms with Gasteiger partial charge in [0.05, 0.1) is 15.9 Å². The zero-order valence-corrected chi connectivity index (χ0v) is 20.7. The third-order valence-electron chi connectivity index (χ3n) is 7.42.